The number of nitrogens with two attached hydrogens (primary N) is 1. The molecule has 1 fully saturated rings. The average molecular weight is 363 g/mol. The minimum atomic E-state index is -3.66. The van der Waals surface area contributed by atoms with Gasteiger partial charge in [-0.1, -0.05) is 29.8 Å². The number of hydrogen-bond acceptors (Lipinski definition) is 4. The van der Waals surface area contributed by atoms with Crippen LogP contribution in [0.2, 0.25) is 0 Å². The Morgan fingerprint density at radius 3 is 2.48 bits per heavy atom. The first-order valence-corrected chi connectivity index (χ1v) is 9.78. The molecule has 4 nitrogen and oxygen atoms in total. The van der Waals surface area contributed by atoms with Crippen molar-refractivity contribution in [2.75, 3.05) is 13.2 Å². The van der Waals surface area contributed by atoms with Gasteiger partial charge in [-0.2, -0.15) is 0 Å². The van der Waals surface area contributed by atoms with Crippen molar-refractivity contribution in [3.63, 3.8) is 0 Å². The zero-order chi connectivity index (χ0) is 18.2. The van der Waals surface area contributed by atoms with E-state index in [1.807, 2.05) is 13.8 Å². The molecule has 0 aromatic heterocycles. The predicted octanol–water partition coefficient (Wildman–Crippen LogP) is 2.81. The summed E-state index contributed by atoms with van der Waals surface area (Å²) in [7, 11) is -3.66. The van der Waals surface area contributed by atoms with Crippen molar-refractivity contribution in [3.8, 4) is 0 Å². The lowest BCUT2D eigenvalue weighted by atomic mass is 10.1. The van der Waals surface area contributed by atoms with E-state index >= 15 is 0 Å². The molecule has 0 aliphatic heterocycles. The van der Waals surface area contributed by atoms with Crippen molar-refractivity contribution in [2.24, 2.45) is 5.73 Å². The Labute approximate surface area is 147 Å². The van der Waals surface area contributed by atoms with Crippen LogP contribution in [0.25, 0.3) is 0 Å². The molecule has 0 amide bonds. The van der Waals surface area contributed by atoms with Gasteiger partial charge in [-0.25, -0.2) is 12.8 Å². The van der Waals surface area contributed by atoms with Crippen molar-refractivity contribution < 1.29 is 17.5 Å². The van der Waals surface area contributed by atoms with Crippen LogP contribution in [-0.4, -0.2) is 32.4 Å². The van der Waals surface area contributed by atoms with Crippen LogP contribution >= 0.6 is 0 Å². The molecule has 0 saturated heterocycles. The van der Waals surface area contributed by atoms with Crippen molar-refractivity contribution >= 4 is 9.84 Å². The third-order valence-electron chi connectivity index (χ3n) is 4.75. The van der Waals surface area contributed by atoms with Gasteiger partial charge in [0.25, 0.3) is 0 Å². The summed E-state index contributed by atoms with van der Waals surface area (Å²) < 4.78 is 45.3. The summed E-state index contributed by atoms with van der Waals surface area (Å²) in [6.07, 6.45) is 0. The van der Waals surface area contributed by atoms with Crippen LogP contribution in [0.15, 0.2) is 53.4 Å². The van der Waals surface area contributed by atoms with Crippen LogP contribution < -0.4 is 5.73 Å². The minimum Gasteiger partial charge on any atom is -0.380 e. The first-order valence-electron chi connectivity index (χ1n) is 8.23. The zero-order valence-electron chi connectivity index (χ0n) is 14.3. The van der Waals surface area contributed by atoms with Crippen LogP contribution in [0.5, 0.6) is 0 Å². The number of rotatable bonds is 6. The maximum atomic E-state index is 13.6. The van der Waals surface area contributed by atoms with Crippen LogP contribution in [0.3, 0.4) is 0 Å². The van der Waals surface area contributed by atoms with E-state index in [0.29, 0.717) is 12.2 Å². The van der Waals surface area contributed by atoms with E-state index in [2.05, 4.69) is 0 Å². The number of aryl methyl sites for hydroxylation is 1. The number of hydrogen-bond donors (Lipinski definition) is 1. The van der Waals surface area contributed by atoms with Crippen molar-refractivity contribution in [2.45, 2.75) is 35.4 Å². The van der Waals surface area contributed by atoms with Crippen LogP contribution in [0.4, 0.5) is 4.39 Å². The Hall–Kier alpha value is -1.76. The van der Waals surface area contributed by atoms with E-state index in [1.165, 1.54) is 12.1 Å². The Morgan fingerprint density at radius 2 is 1.88 bits per heavy atom. The molecule has 0 bridgehead atoms. The maximum absolute atomic E-state index is 13.6. The Balaban J connectivity index is 2.01. The highest BCUT2D eigenvalue weighted by molar-refractivity contribution is 7.92. The second-order valence-electron chi connectivity index (χ2n) is 6.56. The first kappa shape index (κ1) is 18.0. The molecule has 1 saturated carbocycles. The lowest BCUT2D eigenvalue weighted by molar-refractivity contribution is 0.125. The van der Waals surface area contributed by atoms with Gasteiger partial charge < -0.3 is 10.5 Å². The molecule has 2 aromatic carbocycles. The molecule has 0 heterocycles. The lowest BCUT2D eigenvalue weighted by Gasteiger charge is -2.12. The van der Waals surface area contributed by atoms with Crippen molar-refractivity contribution in [1.29, 1.82) is 0 Å². The Bertz CT molecular complexity index is 866. The molecule has 3 atom stereocenters. The second kappa shape index (κ2) is 6.52. The highest BCUT2D eigenvalue weighted by atomic mass is 32.2. The van der Waals surface area contributed by atoms with Gasteiger partial charge in [-0.15, -0.1) is 0 Å². The van der Waals surface area contributed by atoms with Crippen LogP contribution in [0.1, 0.15) is 24.0 Å². The molecular formula is C19H22FNO3S. The van der Waals surface area contributed by atoms with Gasteiger partial charge in [0, 0.05) is 12.5 Å². The normalized spacial score (nSPS) is 25.8. The van der Waals surface area contributed by atoms with E-state index in [1.54, 1.807) is 36.4 Å². The standard InChI is InChI=1S/C19H22FNO3S/c1-3-24-12-19(21)17(14-5-4-6-15(20)11-14)18(19)25(22,23)16-9-7-13(2)8-10-16/h4-11,17-18H,3,12,21H2,1-2H3/t17-,18+,19-/m1/s1. The summed E-state index contributed by atoms with van der Waals surface area (Å²) in [5, 5.41) is -0.837. The lowest BCUT2D eigenvalue weighted by Crippen LogP contribution is -2.36. The highest BCUT2D eigenvalue weighted by Gasteiger charge is 2.69. The van der Waals surface area contributed by atoms with Gasteiger partial charge in [0.1, 0.15) is 5.82 Å². The van der Waals surface area contributed by atoms with Crippen LogP contribution in [0, 0.1) is 12.7 Å². The number of ether oxygens (including phenoxy) is 1. The SMILES string of the molecule is CCOC[C@@]1(N)[C@H](c2cccc(F)c2)[C@@H]1S(=O)(=O)c1ccc(C)cc1. The average Bonchev–Trinajstić information content (AvgIpc) is 3.20. The molecule has 2 aromatic rings. The van der Waals surface area contributed by atoms with E-state index < -0.39 is 32.4 Å². The molecule has 134 valence electrons. The summed E-state index contributed by atoms with van der Waals surface area (Å²) in [4.78, 5) is 0.230. The fourth-order valence-corrected chi connectivity index (χ4v) is 5.69. The largest absolute Gasteiger partial charge is 0.380 e. The molecule has 0 unspecified atom stereocenters. The predicted molar refractivity (Wildman–Crippen MR) is 94.7 cm³/mol. The Kier molecular flexibility index (Phi) is 4.70. The topological polar surface area (TPSA) is 69.4 Å². The number of sulfone groups is 1. The fourth-order valence-electron chi connectivity index (χ4n) is 3.40. The minimum absolute atomic E-state index is 0.112. The van der Waals surface area contributed by atoms with Gasteiger partial charge >= 0.3 is 0 Å². The third-order valence-corrected chi connectivity index (χ3v) is 7.06. The Morgan fingerprint density at radius 1 is 1.20 bits per heavy atom. The molecule has 1 aliphatic rings. The van der Waals surface area contributed by atoms with Crippen molar-refractivity contribution in [1.82, 2.24) is 0 Å². The number of benzene rings is 2. The molecule has 0 spiro atoms. The summed E-state index contributed by atoms with van der Waals surface area (Å²) in [6, 6.07) is 12.7. The number of halogens is 1. The van der Waals surface area contributed by atoms with Gasteiger partial charge in [0.05, 0.1) is 22.3 Å². The monoisotopic (exact) mass is 363 g/mol. The zero-order valence-corrected chi connectivity index (χ0v) is 15.1. The first-order chi connectivity index (χ1) is 11.8. The van der Waals surface area contributed by atoms with Gasteiger partial charge in [0.15, 0.2) is 9.84 Å². The highest BCUT2D eigenvalue weighted by Crippen LogP contribution is 2.55. The smallest absolute Gasteiger partial charge is 0.183 e. The van der Waals surface area contributed by atoms with Crippen LogP contribution in [-0.2, 0) is 14.6 Å². The molecule has 6 heteroatoms. The van der Waals surface area contributed by atoms with Gasteiger partial charge in [-0.05, 0) is 43.7 Å². The maximum Gasteiger partial charge on any atom is 0.183 e. The molecule has 25 heavy (non-hydrogen) atoms. The molecule has 0 radical (unpaired) electrons. The van der Waals surface area contributed by atoms with E-state index in [0.717, 1.165) is 5.56 Å². The summed E-state index contributed by atoms with van der Waals surface area (Å²) in [5.41, 5.74) is 6.93. The molecule has 2 N–H and O–H groups in total. The quantitative estimate of drug-likeness (QED) is 0.857. The summed E-state index contributed by atoms with van der Waals surface area (Å²) in [5.74, 6) is -0.907. The third kappa shape index (κ3) is 3.21. The van der Waals surface area contributed by atoms with E-state index in [9.17, 15) is 12.8 Å². The fraction of sp³-hybridized carbons (Fsp3) is 0.368. The summed E-state index contributed by atoms with van der Waals surface area (Å²) >= 11 is 0. The van der Waals surface area contributed by atoms with E-state index in [4.69, 9.17) is 10.5 Å². The van der Waals surface area contributed by atoms with Gasteiger partial charge in [-0.3, -0.25) is 0 Å². The second-order valence-corrected chi connectivity index (χ2v) is 8.63. The molecule has 3 rings (SSSR count). The summed E-state index contributed by atoms with van der Waals surface area (Å²) in [6.45, 7) is 4.27. The van der Waals surface area contributed by atoms with E-state index in [-0.39, 0.29) is 11.5 Å². The molecule has 1 aliphatic carbocycles. The van der Waals surface area contributed by atoms with Gasteiger partial charge in [0.2, 0.25) is 0 Å². The molecular weight excluding hydrogens is 341 g/mol. The van der Waals surface area contributed by atoms with Crippen molar-refractivity contribution in [3.05, 3.63) is 65.5 Å².